The lowest BCUT2D eigenvalue weighted by Crippen LogP contribution is -2.07. The Hall–Kier alpha value is -2.23. The number of carbonyl (C=O) groups is 1. The van der Waals surface area contributed by atoms with Crippen LogP contribution >= 0.6 is 0 Å². The molecule has 0 atom stereocenters. The third-order valence-electron chi connectivity index (χ3n) is 5.10. The number of nitrogens with zero attached hydrogens (tertiary/aromatic N) is 2. The minimum atomic E-state index is -0.169. The molecule has 158 valence electrons. The van der Waals surface area contributed by atoms with Crippen molar-refractivity contribution in [2.24, 2.45) is 0 Å². The van der Waals surface area contributed by atoms with Crippen LogP contribution in [0.2, 0.25) is 0 Å². The number of esters is 1. The first kappa shape index (κ1) is 23.1. The largest absolute Gasteiger partial charge is 0.427 e. The van der Waals surface area contributed by atoms with Gasteiger partial charge in [0.15, 0.2) is 5.82 Å². The van der Waals surface area contributed by atoms with Gasteiger partial charge in [-0.25, -0.2) is 9.97 Å². The fraction of sp³-hybridized carbons (Fsp3) is 0.560. The number of ether oxygens (including phenoxy) is 1. The number of aryl methyl sites for hydroxylation is 1. The first-order valence-corrected chi connectivity index (χ1v) is 11.3. The van der Waals surface area contributed by atoms with Gasteiger partial charge < -0.3 is 4.74 Å². The lowest BCUT2D eigenvalue weighted by molar-refractivity contribution is -0.134. The van der Waals surface area contributed by atoms with Gasteiger partial charge in [-0.05, 0) is 49.1 Å². The van der Waals surface area contributed by atoms with E-state index in [0.29, 0.717) is 18.0 Å². The number of hydrogen-bond donors (Lipinski definition) is 0. The molecule has 4 heteroatoms. The summed E-state index contributed by atoms with van der Waals surface area (Å²) in [5, 5.41) is 0. The van der Waals surface area contributed by atoms with Gasteiger partial charge in [0.2, 0.25) is 0 Å². The number of carbonyl (C=O) groups excluding carboxylic acids is 1. The van der Waals surface area contributed by atoms with Crippen LogP contribution in [0.3, 0.4) is 0 Å². The smallest absolute Gasteiger partial charge is 0.311 e. The molecule has 0 aliphatic rings. The summed E-state index contributed by atoms with van der Waals surface area (Å²) in [5.41, 5.74) is 2.12. The topological polar surface area (TPSA) is 52.1 Å². The molecule has 4 nitrogen and oxygen atoms in total. The van der Waals surface area contributed by atoms with Crippen molar-refractivity contribution >= 4 is 5.97 Å². The van der Waals surface area contributed by atoms with Crippen LogP contribution in [0, 0.1) is 0 Å². The van der Waals surface area contributed by atoms with Crippen molar-refractivity contribution in [3.05, 3.63) is 42.2 Å². The van der Waals surface area contributed by atoms with Crippen LogP contribution < -0.4 is 4.74 Å². The fourth-order valence-corrected chi connectivity index (χ4v) is 3.29. The van der Waals surface area contributed by atoms with Crippen molar-refractivity contribution in [1.29, 1.82) is 0 Å². The summed E-state index contributed by atoms with van der Waals surface area (Å²) in [4.78, 5) is 20.8. The maximum absolute atomic E-state index is 11.8. The molecule has 0 saturated carbocycles. The Morgan fingerprint density at radius 2 is 1.38 bits per heavy atom. The Labute approximate surface area is 176 Å². The molecule has 2 aromatic rings. The highest BCUT2D eigenvalue weighted by Gasteiger charge is 2.06. The van der Waals surface area contributed by atoms with Crippen molar-refractivity contribution in [2.45, 2.75) is 90.9 Å². The van der Waals surface area contributed by atoms with Gasteiger partial charge in [0.05, 0.1) is 0 Å². The number of aromatic nitrogens is 2. The number of benzene rings is 1. The molecule has 2 rings (SSSR count). The first-order valence-electron chi connectivity index (χ1n) is 11.3. The molecule has 1 aromatic heterocycles. The maximum atomic E-state index is 11.8. The van der Waals surface area contributed by atoms with Crippen LogP contribution in [-0.4, -0.2) is 15.9 Å². The van der Waals surface area contributed by atoms with Crippen LogP contribution in [0.1, 0.15) is 90.0 Å². The fourth-order valence-electron chi connectivity index (χ4n) is 3.29. The summed E-state index contributed by atoms with van der Waals surface area (Å²) in [5.74, 6) is 1.11. The molecule has 0 aliphatic carbocycles. The van der Waals surface area contributed by atoms with E-state index in [-0.39, 0.29) is 5.97 Å². The van der Waals surface area contributed by atoms with Gasteiger partial charge >= 0.3 is 5.97 Å². The van der Waals surface area contributed by atoms with Crippen LogP contribution in [0.15, 0.2) is 36.7 Å². The Balaban J connectivity index is 1.75. The summed E-state index contributed by atoms with van der Waals surface area (Å²) >= 11 is 0. The van der Waals surface area contributed by atoms with E-state index in [4.69, 9.17) is 4.74 Å². The summed E-state index contributed by atoms with van der Waals surface area (Å²) in [6.45, 7) is 4.37. The molecule has 1 aromatic carbocycles. The van der Waals surface area contributed by atoms with E-state index in [1.165, 1.54) is 50.5 Å². The molecule has 0 radical (unpaired) electrons. The number of rotatable bonds is 14. The van der Waals surface area contributed by atoms with Gasteiger partial charge in [-0.1, -0.05) is 65.2 Å². The summed E-state index contributed by atoms with van der Waals surface area (Å²) < 4.78 is 5.38. The zero-order valence-electron chi connectivity index (χ0n) is 18.2. The molecular formula is C25H36N2O2. The highest BCUT2D eigenvalue weighted by molar-refractivity contribution is 5.72. The summed E-state index contributed by atoms with van der Waals surface area (Å²) in [6, 6.07) is 7.42. The Morgan fingerprint density at radius 3 is 2.03 bits per heavy atom. The van der Waals surface area contributed by atoms with E-state index in [9.17, 15) is 4.79 Å². The lowest BCUT2D eigenvalue weighted by Gasteiger charge is -2.06. The minimum Gasteiger partial charge on any atom is -0.427 e. The van der Waals surface area contributed by atoms with Gasteiger partial charge in [0.1, 0.15) is 5.75 Å². The number of hydrogen-bond acceptors (Lipinski definition) is 4. The molecule has 0 bridgehead atoms. The van der Waals surface area contributed by atoms with Gasteiger partial charge in [0, 0.05) is 24.4 Å². The molecule has 0 saturated heterocycles. The van der Waals surface area contributed by atoms with Crippen molar-refractivity contribution in [3.63, 3.8) is 0 Å². The predicted molar refractivity (Wildman–Crippen MR) is 119 cm³/mol. The second-order valence-electron chi connectivity index (χ2n) is 7.74. The molecule has 0 N–H and O–H groups in total. The molecule has 0 fully saturated rings. The average Bonchev–Trinajstić information content (AvgIpc) is 2.74. The summed E-state index contributed by atoms with van der Waals surface area (Å²) in [6.07, 6.45) is 17.6. The van der Waals surface area contributed by atoms with Crippen molar-refractivity contribution in [2.75, 3.05) is 0 Å². The highest BCUT2D eigenvalue weighted by Crippen LogP contribution is 2.20. The molecule has 1 heterocycles. The molecule has 29 heavy (non-hydrogen) atoms. The third kappa shape index (κ3) is 9.21. The summed E-state index contributed by atoms with van der Waals surface area (Å²) in [7, 11) is 0. The lowest BCUT2D eigenvalue weighted by atomic mass is 10.1. The Bertz CT molecular complexity index is 696. The highest BCUT2D eigenvalue weighted by atomic mass is 16.5. The zero-order chi connectivity index (χ0) is 20.7. The normalized spacial score (nSPS) is 10.8. The predicted octanol–water partition coefficient (Wildman–Crippen LogP) is 6.92. The monoisotopic (exact) mass is 396 g/mol. The quantitative estimate of drug-likeness (QED) is 0.197. The van der Waals surface area contributed by atoms with E-state index < -0.39 is 0 Å². The second-order valence-corrected chi connectivity index (χ2v) is 7.74. The van der Waals surface area contributed by atoms with Crippen molar-refractivity contribution in [3.8, 4) is 17.1 Å². The first-order chi connectivity index (χ1) is 14.2. The van der Waals surface area contributed by atoms with E-state index in [0.717, 1.165) is 31.2 Å². The van der Waals surface area contributed by atoms with Gasteiger partial charge in [-0.2, -0.15) is 0 Å². The van der Waals surface area contributed by atoms with Crippen molar-refractivity contribution < 1.29 is 9.53 Å². The SMILES string of the molecule is CCCCCCCCCc1cnc(-c2ccc(OC(=O)CCCCC)cc2)nc1. The van der Waals surface area contributed by atoms with E-state index in [2.05, 4.69) is 23.8 Å². The van der Waals surface area contributed by atoms with E-state index >= 15 is 0 Å². The molecule has 0 aliphatic heterocycles. The molecule has 0 spiro atoms. The van der Waals surface area contributed by atoms with E-state index in [1.807, 2.05) is 36.7 Å². The molecular weight excluding hydrogens is 360 g/mol. The van der Waals surface area contributed by atoms with Crippen LogP contribution in [-0.2, 0) is 11.2 Å². The standard InChI is InChI=1S/C25H36N2O2/c1-3-5-7-8-9-10-12-13-21-19-26-25(27-20-21)22-15-17-23(18-16-22)29-24(28)14-11-6-4-2/h15-20H,3-14H2,1-2H3. The molecule has 0 amide bonds. The van der Waals surface area contributed by atoms with Gasteiger partial charge in [-0.3, -0.25) is 4.79 Å². The maximum Gasteiger partial charge on any atom is 0.311 e. The van der Waals surface area contributed by atoms with Crippen LogP contribution in [0.25, 0.3) is 11.4 Å². The zero-order valence-corrected chi connectivity index (χ0v) is 18.2. The third-order valence-corrected chi connectivity index (χ3v) is 5.10. The van der Waals surface area contributed by atoms with Gasteiger partial charge in [-0.15, -0.1) is 0 Å². The van der Waals surface area contributed by atoms with Crippen LogP contribution in [0.5, 0.6) is 5.75 Å². The Kier molecular flexibility index (Phi) is 11.0. The second kappa shape index (κ2) is 13.9. The van der Waals surface area contributed by atoms with E-state index in [1.54, 1.807) is 0 Å². The Morgan fingerprint density at radius 1 is 0.793 bits per heavy atom. The van der Waals surface area contributed by atoms with Gasteiger partial charge in [0.25, 0.3) is 0 Å². The molecule has 0 unspecified atom stereocenters. The average molecular weight is 397 g/mol. The number of unbranched alkanes of at least 4 members (excludes halogenated alkanes) is 8. The van der Waals surface area contributed by atoms with Crippen molar-refractivity contribution in [1.82, 2.24) is 9.97 Å². The van der Waals surface area contributed by atoms with Crippen LogP contribution in [0.4, 0.5) is 0 Å². The minimum absolute atomic E-state index is 0.169.